The fourth-order valence-corrected chi connectivity index (χ4v) is 6.16. The number of phenols is 1. The topological polar surface area (TPSA) is 109 Å². The van der Waals surface area contributed by atoms with Crippen molar-refractivity contribution < 1.29 is 9.84 Å². The average Bonchev–Trinajstić information content (AvgIpc) is 3.21. The molecule has 2 atom stereocenters. The number of hydrogen-bond acceptors (Lipinski definition) is 6. The first kappa shape index (κ1) is 25.2. The standard InChI is InChI=1S/C31H36N6O2/c1-5-20-13-22(38)7-8-25(20)35-30(32)24-16-34-37-17-21(28-18(2)11-23(39-4)12-19(28)3)14-26(37)29(24)36-27-15-31(27)9-6-10-33-31/h7-8,11-14,16-17,27,33,36,38H,5-6,9-10,15H2,1-4H3,(H2,32,35). The van der Waals surface area contributed by atoms with Gasteiger partial charge in [0.05, 0.1) is 35.8 Å². The number of rotatable bonds is 7. The van der Waals surface area contributed by atoms with E-state index in [1.165, 1.54) is 18.4 Å². The second-order valence-electron chi connectivity index (χ2n) is 10.9. The first-order valence-electron chi connectivity index (χ1n) is 13.7. The van der Waals surface area contributed by atoms with Gasteiger partial charge < -0.3 is 26.2 Å². The summed E-state index contributed by atoms with van der Waals surface area (Å²) >= 11 is 0. The number of aromatic nitrogens is 2. The Kier molecular flexibility index (Phi) is 6.22. The maximum Gasteiger partial charge on any atom is 0.135 e. The predicted molar refractivity (Wildman–Crippen MR) is 157 cm³/mol. The Morgan fingerprint density at radius 3 is 2.74 bits per heavy atom. The molecule has 2 fully saturated rings. The smallest absolute Gasteiger partial charge is 0.135 e. The number of ether oxygens (including phenoxy) is 1. The van der Waals surface area contributed by atoms with E-state index in [0.717, 1.165) is 69.8 Å². The zero-order valence-corrected chi connectivity index (χ0v) is 23.0. The van der Waals surface area contributed by atoms with Gasteiger partial charge in [-0.15, -0.1) is 0 Å². The van der Waals surface area contributed by atoms with Gasteiger partial charge in [0.25, 0.3) is 0 Å². The predicted octanol–water partition coefficient (Wildman–Crippen LogP) is 5.24. The minimum Gasteiger partial charge on any atom is -0.508 e. The molecule has 8 heteroatoms. The highest BCUT2D eigenvalue weighted by molar-refractivity contribution is 6.07. The second-order valence-corrected chi connectivity index (χ2v) is 10.9. The summed E-state index contributed by atoms with van der Waals surface area (Å²) in [4.78, 5) is 4.80. The monoisotopic (exact) mass is 524 g/mol. The quantitative estimate of drug-likeness (QED) is 0.195. The van der Waals surface area contributed by atoms with Crippen LogP contribution >= 0.6 is 0 Å². The molecule has 39 heavy (non-hydrogen) atoms. The van der Waals surface area contributed by atoms with Crippen molar-refractivity contribution >= 4 is 22.7 Å². The Morgan fingerprint density at radius 1 is 1.26 bits per heavy atom. The van der Waals surface area contributed by atoms with E-state index < -0.39 is 0 Å². The van der Waals surface area contributed by atoms with E-state index in [9.17, 15) is 5.11 Å². The van der Waals surface area contributed by atoms with Gasteiger partial charge in [0.2, 0.25) is 0 Å². The number of amidine groups is 1. The van der Waals surface area contributed by atoms with Crippen molar-refractivity contribution in [1.82, 2.24) is 14.9 Å². The largest absolute Gasteiger partial charge is 0.508 e. The molecular weight excluding hydrogens is 488 g/mol. The van der Waals surface area contributed by atoms with Crippen molar-refractivity contribution in [3.8, 4) is 22.6 Å². The van der Waals surface area contributed by atoms with E-state index in [1.807, 2.05) is 17.5 Å². The number of aryl methyl sites for hydroxylation is 3. The van der Waals surface area contributed by atoms with Gasteiger partial charge in [-0.2, -0.15) is 5.10 Å². The summed E-state index contributed by atoms with van der Waals surface area (Å²) in [6, 6.07) is 11.8. The third-order valence-electron chi connectivity index (χ3n) is 8.30. The van der Waals surface area contributed by atoms with Gasteiger partial charge in [0.15, 0.2) is 0 Å². The number of fused-ring (bicyclic) bond motifs is 1. The van der Waals surface area contributed by atoms with Crippen LogP contribution in [0.15, 0.2) is 53.8 Å². The summed E-state index contributed by atoms with van der Waals surface area (Å²) in [7, 11) is 1.70. The van der Waals surface area contributed by atoms with E-state index in [1.54, 1.807) is 25.4 Å². The van der Waals surface area contributed by atoms with Gasteiger partial charge in [-0.05, 0) is 105 Å². The van der Waals surface area contributed by atoms with Gasteiger partial charge in [-0.25, -0.2) is 9.51 Å². The maximum atomic E-state index is 9.94. The number of nitrogens with two attached hydrogens (primary N) is 1. The van der Waals surface area contributed by atoms with E-state index >= 15 is 0 Å². The molecule has 2 aliphatic rings. The van der Waals surface area contributed by atoms with E-state index in [-0.39, 0.29) is 11.3 Å². The van der Waals surface area contributed by atoms with Crippen LogP contribution in [0.3, 0.4) is 0 Å². The molecule has 202 valence electrons. The summed E-state index contributed by atoms with van der Waals surface area (Å²) in [5.41, 5.74) is 15.8. The van der Waals surface area contributed by atoms with Crippen LogP contribution in [0, 0.1) is 13.8 Å². The highest BCUT2D eigenvalue weighted by atomic mass is 16.5. The molecule has 2 aromatic heterocycles. The van der Waals surface area contributed by atoms with Crippen molar-refractivity contribution in [2.75, 3.05) is 19.0 Å². The lowest BCUT2D eigenvalue weighted by atomic mass is 9.97. The zero-order valence-electron chi connectivity index (χ0n) is 23.0. The number of aromatic hydroxyl groups is 1. The van der Waals surface area contributed by atoms with Gasteiger partial charge >= 0.3 is 0 Å². The molecule has 1 aliphatic heterocycles. The zero-order chi connectivity index (χ0) is 27.3. The van der Waals surface area contributed by atoms with Crippen LogP contribution in [0.2, 0.25) is 0 Å². The molecule has 0 amide bonds. The minimum atomic E-state index is 0.161. The van der Waals surface area contributed by atoms with Crippen molar-refractivity contribution in [3.63, 3.8) is 0 Å². The lowest BCUT2D eigenvalue weighted by Crippen LogP contribution is -2.31. The van der Waals surface area contributed by atoms with Crippen LogP contribution in [-0.4, -0.2) is 45.8 Å². The summed E-state index contributed by atoms with van der Waals surface area (Å²) in [5.74, 6) is 1.47. The molecular formula is C31H36N6O2. The molecule has 1 aliphatic carbocycles. The Labute approximate surface area is 228 Å². The number of methoxy groups -OCH3 is 1. The normalized spacial score (nSPS) is 20.6. The van der Waals surface area contributed by atoms with Crippen LogP contribution in [0.5, 0.6) is 11.5 Å². The second kappa shape index (κ2) is 9.61. The van der Waals surface area contributed by atoms with E-state index in [0.29, 0.717) is 11.9 Å². The molecule has 2 aromatic carbocycles. The van der Waals surface area contributed by atoms with Gasteiger partial charge in [0, 0.05) is 23.3 Å². The molecule has 6 rings (SSSR count). The molecule has 1 saturated carbocycles. The number of benzene rings is 2. The number of anilines is 1. The molecule has 8 nitrogen and oxygen atoms in total. The molecule has 0 radical (unpaired) electrons. The van der Waals surface area contributed by atoms with E-state index in [2.05, 4.69) is 48.9 Å². The Balaban J connectivity index is 1.47. The molecule has 0 bridgehead atoms. The number of nitrogens with one attached hydrogen (secondary N) is 2. The molecule has 2 unspecified atom stereocenters. The van der Waals surface area contributed by atoms with Gasteiger partial charge in [-0.3, -0.25) is 0 Å². The summed E-state index contributed by atoms with van der Waals surface area (Å²) < 4.78 is 7.40. The lowest BCUT2D eigenvalue weighted by Gasteiger charge is -2.16. The maximum absolute atomic E-state index is 9.94. The third-order valence-corrected chi connectivity index (χ3v) is 8.30. The summed E-state index contributed by atoms with van der Waals surface area (Å²) in [5, 5.41) is 22.2. The van der Waals surface area contributed by atoms with Crippen LogP contribution < -0.4 is 21.1 Å². The SMILES string of the molecule is CCc1cc(O)ccc1N=C(N)c1cnn2cc(-c3c(C)cc(OC)cc3C)cc2c1NC1CC12CCCN2. The molecule has 3 heterocycles. The van der Waals surface area contributed by atoms with Crippen LogP contribution in [-0.2, 0) is 6.42 Å². The highest BCUT2D eigenvalue weighted by Crippen LogP contribution is 2.46. The number of phenolic OH excluding ortho intramolecular Hbond substituents is 1. The third kappa shape index (κ3) is 4.48. The summed E-state index contributed by atoms with van der Waals surface area (Å²) in [6.07, 6.45) is 8.07. The fraction of sp³-hybridized carbons (Fsp3) is 0.355. The lowest BCUT2D eigenvalue weighted by molar-refractivity contribution is 0.414. The van der Waals surface area contributed by atoms with Crippen molar-refractivity contribution in [2.45, 2.75) is 58.0 Å². The Bertz CT molecular complexity index is 1580. The first-order chi connectivity index (χ1) is 18.8. The number of aliphatic imine (C=N–C) groups is 1. The van der Waals surface area contributed by atoms with Crippen molar-refractivity contribution in [2.24, 2.45) is 10.7 Å². The fourth-order valence-electron chi connectivity index (χ4n) is 6.16. The van der Waals surface area contributed by atoms with Crippen LogP contribution in [0.1, 0.15) is 48.4 Å². The van der Waals surface area contributed by atoms with Gasteiger partial charge in [-0.1, -0.05) is 6.92 Å². The summed E-state index contributed by atoms with van der Waals surface area (Å²) in [6.45, 7) is 7.32. The molecule has 4 aromatic rings. The number of hydrogen-bond donors (Lipinski definition) is 4. The molecule has 1 spiro atoms. The number of nitrogens with zero attached hydrogens (tertiary/aromatic N) is 3. The van der Waals surface area contributed by atoms with Crippen molar-refractivity contribution in [3.05, 3.63) is 71.0 Å². The molecule has 5 N–H and O–H groups in total. The van der Waals surface area contributed by atoms with Gasteiger partial charge in [0.1, 0.15) is 17.3 Å². The highest BCUT2D eigenvalue weighted by Gasteiger charge is 2.55. The van der Waals surface area contributed by atoms with Crippen molar-refractivity contribution in [1.29, 1.82) is 0 Å². The molecule has 1 saturated heterocycles. The first-order valence-corrected chi connectivity index (χ1v) is 13.7. The van der Waals surface area contributed by atoms with E-state index in [4.69, 9.17) is 20.6 Å². The Hall–Kier alpha value is -4.04. The van der Waals surface area contributed by atoms with Crippen LogP contribution in [0.25, 0.3) is 16.6 Å². The average molecular weight is 525 g/mol. The minimum absolute atomic E-state index is 0.161. The van der Waals surface area contributed by atoms with Crippen LogP contribution in [0.4, 0.5) is 11.4 Å². The Morgan fingerprint density at radius 2 is 2.05 bits per heavy atom.